The minimum atomic E-state index is -1.30. The standard InChI is InChI=1S/C35H41N3O6/c1-3-34-18-10-22-37(26-14-16-27(17-15-26)43-4-2)31(40)28(34)29-32(41)38(21-8-9-23-39)30-33(42)36(20-11-19-35(29,30)44-34)24-25-12-6-5-7-13-25/h5-7,10-19,28-30,39H,3-4,8-9,20-24H2,1-2H3/t28-,29-,30?,34+,35-/m0/s1. The topological polar surface area (TPSA) is 99.6 Å². The van der Waals surface area contributed by atoms with Gasteiger partial charge < -0.3 is 29.3 Å². The molecule has 1 N–H and O–H groups in total. The van der Waals surface area contributed by atoms with Gasteiger partial charge in [-0.05, 0) is 56.0 Å². The molecule has 9 heteroatoms. The molecule has 2 fully saturated rings. The molecule has 0 bridgehead atoms. The van der Waals surface area contributed by atoms with E-state index in [-0.39, 0.29) is 24.3 Å². The summed E-state index contributed by atoms with van der Waals surface area (Å²) in [6.45, 7) is 5.82. The van der Waals surface area contributed by atoms with E-state index >= 15 is 0 Å². The number of nitrogens with zero attached hydrogens (tertiary/aromatic N) is 3. The van der Waals surface area contributed by atoms with Gasteiger partial charge in [0.2, 0.25) is 17.7 Å². The Morgan fingerprint density at radius 2 is 1.64 bits per heavy atom. The first kappa shape index (κ1) is 30.1. The third-order valence-electron chi connectivity index (χ3n) is 9.51. The number of hydrogen-bond acceptors (Lipinski definition) is 6. The molecule has 2 aromatic carbocycles. The van der Waals surface area contributed by atoms with Crippen LogP contribution in [0.1, 0.15) is 38.7 Å². The van der Waals surface area contributed by atoms with Crippen molar-refractivity contribution < 1.29 is 29.0 Å². The molecule has 0 aliphatic carbocycles. The van der Waals surface area contributed by atoms with E-state index in [0.717, 1.165) is 11.3 Å². The fraction of sp³-hybridized carbons (Fsp3) is 0.457. The molecule has 3 amide bonds. The number of ether oxygens (including phenoxy) is 2. The Morgan fingerprint density at radius 3 is 2.34 bits per heavy atom. The second-order valence-electron chi connectivity index (χ2n) is 12.0. The summed E-state index contributed by atoms with van der Waals surface area (Å²) in [6, 6.07) is 16.3. The number of fused-ring (bicyclic) bond motifs is 2. The molecule has 44 heavy (non-hydrogen) atoms. The van der Waals surface area contributed by atoms with E-state index in [4.69, 9.17) is 9.47 Å². The number of likely N-dealkylation sites (tertiary alicyclic amines) is 1. The zero-order valence-electron chi connectivity index (χ0n) is 25.4. The molecule has 4 heterocycles. The molecule has 1 spiro atoms. The maximum absolute atomic E-state index is 14.7. The normalized spacial score (nSPS) is 29.4. The summed E-state index contributed by atoms with van der Waals surface area (Å²) >= 11 is 0. The van der Waals surface area contributed by atoms with Gasteiger partial charge in [-0.15, -0.1) is 0 Å². The molecule has 4 aliphatic rings. The summed E-state index contributed by atoms with van der Waals surface area (Å²) in [6.07, 6.45) is 9.21. The van der Waals surface area contributed by atoms with Gasteiger partial charge in [-0.3, -0.25) is 14.4 Å². The lowest BCUT2D eigenvalue weighted by atomic mass is 9.73. The maximum atomic E-state index is 14.7. The number of amides is 3. The monoisotopic (exact) mass is 599 g/mol. The van der Waals surface area contributed by atoms with Crippen LogP contribution >= 0.6 is 0 Å². The van der Waals surface area contributed by atoms with Crippen LogP contribution in [0.5, 0.6) is 5.75 Å². The highest BCUT2D eigenvalue weighted by atomic mass is 16.5. The molecule has 5 atom stereocenters. The van der Waals surface area contributed by atoms with Gasteiger partial charge in [-0.25, -0.2) is 0 Å². The van der Waals surface area contributed by atoms with Gasteiger partial charge in [-0.1, -0.05) is 61.6 Å². The molecule has 1 unspecified atom stereocenters. The lowest BCUT2D eigenvalue weighted by molar-refractivity contribution is -0.152. The fourth-order valence-electron chi connectivity index (χ4n) is 7.51. The molecule has 0 aromatic heterocycles. The van der Waals surface area contributed by atoms with Gasteiger partial charge in [0, 0.05) is 38.5 Å². The predicted octanol–water partition coefficient (Wildman–Crippen LogP) is 3.72. The molecular weight excluding hydrogens is 558 g/mol. The molecule has 4 aliphatic heterocycles. The van der Waals surface area contributed by atoms with E-state index in [0.29, 0.717) is 57.7 Å². The highest BCUT2D eigenvalue weighted by molar-refractivity contribution is 6.04. The quantitative estimate of drug-likeness (QED) is 0.330. The molecule has 0 radical (unpaired) electrons. The van der Waals surface area contributed by atoms with E-state index in [9.17, 15) is 19.5 Å². The molecule has 0 saturated carbocycles. The maximum Gasteiger partial charge on any atom is 0.249 e. The second kappa shape index (κ2) is 12.2. The van der Waals surface area contributed by atoms with Crippen molar-refractivity contribution >= 4 is 23.4 Å². The molecular formula is C35H41N3O6. The van der Waals surface area contributed by atoms with E-state index in [1.165, 1.54) is 0 Å². The van der Waals surface area contributed by atoms with Gasteiger partial charge >= 0.3 is 0 Å². The third kappa shape index (κ3) is 4.92. The Morgan fingerprint density at radius 1 is 0.886 bits per heavy atom. The number of aliphatic hydroxyl groups is 1. The number of unbranched alkanes of at least 4 members (excludes halogenated alkanes) is 1. The minimum Gasteiger partial charge on any atom is -0.494 e. The molecule has 9 nitrogen and oxygen atoms in total. The first-order valence-corrected chi connectivity index (χ1v) is 15.7. The summed E-state index contributed by atoms with van der Waals surface area (Å²) in [7, 11) is 0. The van der Waals surface area contributed by atoms with Crippen molar-refractivity contribution in [2.45, 2.75) is 56.9 Å². The smallest absolute Gasteiger partial charge is 0.249 e. The van der Waals surface area contributed by atoms with E-state index < -0.39 is 29.1 Å². The van der Waals surface area contributed by atoms with Crippen molar-refractivity contribution in [1.82, 2.24) is 9.80 Å². The highest BCUT2D eigenvalue weighted by Gasteiger charge is 2.75. The Kier molecular flexibility index (Phi) is 8.35. The molecule has 6 rings (SSSR count). The summed E-state index contributed by atoms with van der Waals surface area (Å²) < 4.78 is 12.7. The third-order valence-corrected chi connectivity index (χ3v) is 9.51. The van der Waals surface area contributed by atoms with Crippen LogP contribution in [0.15, 0.2) is 78.9 Å². The summed E-state index contributed by atoms with van der Waals surface area (Å²) in [4.78, 5) is 48.8. The number of anilines is 1. The van der Waals surface area contributed by atoms with Crippen LogP contribution < -0.4 is 9.64 Å². The van der Waals surface area contributed by atoms with Gasteiger partial charge in [0.05, 0.1) is 24.0 Å². The first-order chi connectivity index (χ1) is 21.4. The summed E-state index contributed by atoms with van der Waals surface area (Å²) in [5.41, 5.74) is -0.656. The van der Waals surface area contributed by atoms with Crippen LogP contribution in [-0.4, -0.2) is 82.7 Å². The Balaban J connectivity index is 1.41. The fourth-order valence-corrected chi connectivity index (χ4v) is 7.51. The van der Waals surface area contributed by atoms with Crippen LogP contribution in [0.3, 0.4) is 0 Å². The molecule has 2 saturated heterocycles. The second-order valence-corrected chi connectivity index (χ2v) is 12.0. The van der Waals surface area contributed by atoms with Crippen LogP contribution in [0.25, 0.3) is 0 Å². The van der Waals surface area contributed by atoms with Crippen LogP contribution in [0.4, 0.5) is 5.69 Å². The SMILES string of the molecule is CCOc1ccc(N2CC=C[C@@]3(CC)O[C@]45C=CCN(Cc6ccccc6)C(=O)C4N(CCCCO)C(=O)[C@@H]5[C@H]3C2=O)cc1. The number of rotatable bonds is 10. The van der Waals surface area contributed by atoms with Crippen LogP contribution in [0.2, 0.25) is 0 Å². The predicted molar refractivity (Wildman–Crippen MR) is 166 cm³/mol. The average molecular weight is 600 g/mol. The zero-order valence-corrected chi connectivity index (χ0v) is 25.4. The number of benzene rings is 2. The number of hydrogen-bond donors (Lipinski definition) is 1. The average Bonchev–Trinajstić information content (AvgIpc) is 3.32. The van der Waals surface area contributed by atoms with Crippen molar-refractivity contribution in [3.63, 3.8) is 0 Å². The van der Waals surface area contributed by atoms with E-state index in [2.05, 4.69) is 0 Å². The van der Waals surface area contributed by atoms with E-state index in [1.54, 1.807) is 14.7 Å². The number of carbonyl (C=O) groups excluding carboxylic acids is 3. The highest BCUT2D eigenvalue weighted by Crippen LogP contribution is 2.58. The van der Waals surface area contributed by atoms with Crippen molar-refractivity contribution in [2.75, 3.05) is 37.7 Å². The van der Waals surface area contributed by atoms with Crippen molar-refractivity contribution in [3.05, 3.63) is 84.5 Å². The number of carbonyl (C=O) groups is 3. The molecule has 232 valence electrons. The Bertz CT molecular complexity index is 1440. The largest absolute Gasteiger partial charge is 0.494 e. The Hall–Kier alpha value is -3.95. The van der Waals surface area contributed by atoms with Gasteiger partial charge in [0.1, 0.15) is 17.4 Å². The number of aliphatic hydroxyl groups excluding tert-OH is 1. The van der Waals surface area contributed by atoms with Crippen molar-refractivity contribution in [1.29, 1.82) is 0 Å². The van der Waals surface area contributed by atoms with Crippen LogP contribution in [0, 0.1) is 11.8 Å². The lowest BCUT2D eigenvalue weighted by Crippen LogP contribution is -2.56. The van der Waals surface area contributed by atoms with Gasteiger partial charge in [-0.2, -0.15) is 0 Å². The first-order valence-electron chi connectivity index (χ1n) is 15.7. The minimum absolute atomic E-state index is 0.00630. The van der Waals surface area contributed by atoms with Gasteiger partial charge in [0.25, 0.3) is 0 Å². The zero-order chi connectivity index (χ0) is 30.9. The van der Waals surface area contributed by atoms with Crippen LogP contribution in [-0.2, 0) is 25.7 Å². The molecule has 2 aromatic rings. The lowest BCUT2D eigenvalue weighted by Gasteiger charge is -2.38. The summed E-state index contributed by atoms with van der Waals surface area (Å²) in [5.74, 6) is -1.62. The van der Waals surface area contributed by atoms with Crippen molar-refractivity contribution in [3.8, 4) is 5.75 Å². The van der Waals surface area contributed by atoms with E-state index in [1.807, 2.05) is 92.7 Å². The van der Waals surface area contributed by atoms with Gasteiger partial charge in [0.15, 0.2) is 0 Å². The Labute approximate surface area is 258 Å². The van der Waals surface area contributed by atoms with Crippen molar-refractivity contribution in [2.24, 2.45) is 11.8 Å². The summed E-state index contributed by atoms with van der Waals surface area (Å²) in [5, 5.41) is 9.49.